The maximum atomic E-state index is 14.2. The number of carbonyl (C=O) groups is 3. The fraction of sp³-hybridized carbons (Fsp3) is 0.100. The van der Waals surface area contributed by atoms with Crippen LogP contribution in [0.3, 0.4) is 0 Å². The lowest BCUT2D eigenvalue weighted by Crippen LogP contribution is -2.42. The van der Waals surface area contributed by atoms with Crippen molar-refractivity contribution in [3.05, 3.63) is 177 Å². The van der Waals surface area contributed by atoms with Gasteiger partial charge in [-0.3, -0.25) is 19.3 Å². The molecule has 7 nitrogen and oxygen atoms in total. The summed E-state index contributed by atoms with van der Waals surface area (Å²) >= 11 is 10.5. The van der Waals surface area contributed by atoms with E-state index in [1.165, 1.54) is 11.0 Å². The van der Waals surface area contributed by atoms with Crippen LogP contribution in [0.5, 0.6) is 5.75 Å². The van der Waals surface area contributed by atoms with Gasteiger partial charge in [-0.2, -0.15) is 4.99 Å². The van der Waals surface area contributed by atoms with Gasteiger partial charge in [0.25, 0.3) is 11.8 Å². The Kier molecular flexibility index (Phi) is 12.8. The van der Waals surface area contributed by atoms with Gasteiger partial charge in [-0.05, 0) is 66.1 Å². The molecule has 0 saturated carbocycles. The number of nitrogens with zero attached hydrogens (tertiary/aromatic N) is 2. The Balaban J connectivity index is 1.42. The van der Waals surface area contributed by atoms with Crippen LogP contribution in [0.2, 0.25) is 5.02 Å². The van der Waals surface area contributed by atoms with E-state index in [4.69, 9.17) is 16.3 Å². The van der Waals surface area contributed by atoms with Crippen LogP contribution in [0, 0.1) is 0 Å². The SMILES string of the molecule is C=C/C=C\C(=C/C)N1C(=O)/C(=C/c2cc(Br)ccc2OCc2ccc(Cl)cc2)C(=O)N=C1SCC(=O)NC(c1ccccc1)c1ccccc1. The van der Waals surface area contributed by atoms with Crippen LogP contribution in [-0.4, -0.2) is 33.5 Å². The number of hydrogen-bond donors (Lipinski definition) is 1. The first-order chi connectivity index (χ1) is 24.3. The summed E-state index contributed by atoms with van der Waals surface area (Å²) < 4.78 is 6.83. The van der Waals surface area contributed by atoms with Crippen LogP contribution in [0.25, 0.3) is 6.08 Å². The molecule has 0 radical (unpaired) electrons. The van der Waals surface area contributed by atoms with Crippen LogP contribution in [0.15, 0.2) is 155 Å². The topological polar surface area (TPSA) is 88.1 Å². The Bertz CT molecular complexity index is 1950. The van der Waals surface area contributed by atoms with E-state index in [-0.39, 0.29) is 29.0 Å². The summed E-state index contributed by atoms with van der Waals surface area (Å²) in [5.41, 5.74) is 3.54. The van der Waals surface area contributed by atoms with Gasteiger partial charge in [0.1, 0.15) is 17.9 Å². The molecule has 0 spiro atoms. The Morgan fingerprint density at radius 1 is 1.00 bits per heavy atom. The first-order valence-electron chi connectivity index (χ1n) is 15.6. The third-order valence-electron chi connectivity index (χ3n) is 7.49. The van der Waals surface area contributed by atoms with Crippen LogP contribution in [0.1, 0.15) is 35.2 Å². The van der Waals surface area contributed by atoms with E-state index >= 15 is 0 Å². The second-order valence-electron chi connectivity index (χ2n) is 10.9. The highest BCUT2D eigenvalue weighted by Crippen LogP contribution is 2.31. The van der Waals surface area contributed by atoms with E-state index in [0.29, 0.717) is 22.0 Å². The van der Waals surface area contributed by atoms with Gasteiger partial charge in [0.05, 0.1) is 11.8 Å². The molecule has 4 aromatic carbocycles. The Morgan fingerprint density at radius 3 is 2.28 bits per heavy atom. The summed E-state index contributed by atoms with van der Waals surface area (Å²) in [5.74, 6) is -1.25. The molecule has 10 heteroatoms. The molecule has 3 amide bonds. The number of amidine groups is 1. The maximum absolute atomic E-state index is 14.2. The van der Waals surface area contributed by atoms with Crippen molar-refractivity contribution in [3.8, 4) is 5.75 Å². The normalized spacial score (nSPS) is 14.3. The van der Waals surface area contributed by atoms with Crippen molar-refractivity contribution in [2.24, 2.45) is 4.99 Å². The number of amides is 3. The first-order valence-corrected chi connectivity index (χ1v) is 17.8. The van der Waals surface area contributed by atoms with Gasteiger partial charge in [0.2, 0.25) is 5.91 Å². The third kappa shape index (κ3) is 9.38. The van der Waals surface area contributed by atoms with Gasteiger partial charge in [-0.15, -0.1) is 0 Å². The minimum absolute atomic E-state index is 0.0820. The zero-order valence-corrected chi connectivity index (χ0v) is 30.3. The van der Waals surface area contributed by atoms with Crippen molar-refractivity contribution in [3.63, 3.8) is 0 Å². The molecular weight excluding hydrogens is 734 g/mol. The monoisotopic (exact) mass is 765 g/mol. The quantitative estimate of drug-likeness (QED) is 0.0884. The minimum Gasteiger partial charge on any atom is -0.488 e. The highest BCUT2D eigenvalue weighted by atomic mass is 79.9. The molecule has 1 aliphatic heterocycles. The zero-order chi connectivity index (χ0) is 35.5. The summed E-state index contributed by atoms with van der Waals surface area (Å²) in [4.78, 5) is 46.8. The van der Waals surface area contributed by atoms with Gasteiger partial charge >= 0.3 is 0 Å². The predicted molar refractivity (Wildman–Crippen MR) is 206 cm³/mol. The fourth-order valence-corrected chi connectivity index (χ4v) is 6.37. The van der Waals surface area contributed by atoms with Crippen molar-refractivity contribution < 1.29 is 19.1 Å². The average Bonchev–Trinajstić information content (AvgIpc) is 3.13. The second-order valence-corrected chi connectivity index (χ2v) is 13.2. The maximum Gasteiger partial charge on any atom is 0.285 e. The predicted octanol–water partition coefficient (Wildman–Crippen LogP) is 9.07. The molecule has 252 valence electrons. The molecule has 0 saturated heterocycles. The van der Waals surface area contributed by atoms with Crippen molar-refractivity contribution >= 4 is 68.3 Å². The van der Waals surface area contributed by atoms with Crippen molar-refractivity contribution in [2.45, 2.75) is 19.6 Å². The molecule has 1 heterocycles. The number of allylic oxidation sites excluding steroid dienone is 4. The van der Waals surface area contributed by atoms with Gasteiger partial charge in [0.15, 0.2) is 5.17 Å². The number of hydrogen-bond acceptors (Lipinski definition) is 5. The molecule has 1 N–H and O–H groups in total. The number of ether oxygens (including phenoxy) is 1. The van der Waals surface area contributed by atoms with Gasteiger partial charge in [-0.1, -0.05) is 137 Å². The van der Waals surface area contributed by atoms with Gasteiger partial charge in [0, 0.05) is 20.8 Å². The molecule has 0 aromatic heterocycles. The minimum atomic E-state index is -0.729. The summed E-state index contributed by atoms with van der Waals surface area (Å²) in [6.07, 6.45) is 8.15. The summed E-state index contributed by atoms with van der Waals surface area (Å²) in [6.45, 7) is 5.75. The van der Waals surface area contributed by atoms with E-state index in [0.717, 1.165) is 32.9 Å². The fourth-order valence-electron chi connectivity index (χ4n) is 5.05. The largest absolute Gasteiger partial charge is 0.488 e. The highest BCUT2D eigenvalue weighted by Gasteiger charge is 2.35. The molecule has 4 aromatic rings. The van der Waals surface area contributed by atoms with E-state index < -0.39 is 17.9 Å². The molecular formula is C40H33BrClN3O4S. The molecule has 0 unspecified atom stereocenters. The number of thioether (sulfide) groups is 1. The van der Waals surface area contributed by atoms with Crippen molar-refractivity contribution in [1.29, 1.82) is 0 Å². The molecule has 0 atom stereocenters. The lowest BCUT2D eigenvalue weighted by Gasteiger charge is -2.28. The number of halogens is 2. The molecule has 0 fully saturated rings. The van der Waals surface area contributed by atoms with E-state index in [2.05, 4.69) is 32.8 Å². The molecule has 5 rings (SSSR count). The van der Waals surface area contributed by atoms with Gasteiger partial charge < -0.3 is 10.1 Å². The van der Waals surface area contributed by atoms with Crippen LogP contribution >= 0.6 is 39.3 Å². The molecule has 0 bridgehead atoms. The smallest absolute Gasteiger partial charge is 0.285 e. The number of nitrogens with one attached hydrogen (secondary N) is 1. The number of aliphatic imine (C=N–C) groups is 1. The van der Waals surface area contributed by atoms with E-state index in [1.807, 2.05) is 78.9 Å². The van der Waals surface area contributed by atoms with Crippen LogP contribution in [0.4, 0.5) is 0 Å². The standard InChI is InChI=1S/C40H33BrClN3O4S/c1-3-5-16-33(4-2)45-39(48)34(24-30-23-31(41)19-22-35(30)49-25-27-17-20-32(42)21-18-27)38(47)44-40(45)50-26-36(46)43-37(28-12-8-6-9-13-28)29-14-10-7-11-15-29/h3-24,37H,1,25-26H2,2H3,(H,43,46)/b16-5-,33-4+,34-24+. The second kappa shape index (κ2) is 17.6. The lowest BCUT2D eigenvalue weighted by atomic mass is 9.99. The summed E-state index contributed by atoms with van der Waals surface area (Å²) in [7, 11) is 0. The Labute approximate surface area is 309 Å². The van der Waals surface area contributed by atoms with Crippen molar-refractivity contribution in [1.82, 2.24) is 10.2 Å². The van der Waals surface area contributed by atoms with E-state index in [9.17, 15) is 14.4 Å². The third-order valence-corrected chi connectivity index (χ3v) is 9.18. The van der Waals surface area contributed by atoms with Crippen LogP contribution in [-0.2, 0) is 21.0 Å². The Hall–Kier alpha value is -4.96. The van der Waals surface area contributed by atoms with Gasteiger partial charge in [-0.25, -0.2) is 0 Å². The first kappa shape index (κ1) is 36.3. The summed E-state index contributed by atoms with van der Waals surface area (Å²) in [6, 6.07) is 31.5. The molecule has 50 heavy (non-hydrogen) atoms. The average molecular weight is 767 g/mol. The Morgan fingerprint density at radius 2 is 1.66 bits per heavy atom. The number of carbonyl (C=O) groups excluding carboxylic acids is 3. The van der Waals surface area contributed by atoms with Crippen molar-refractivity contribution in [2.75, 3.05) is 5.75 Å². The van der Waals surface area contributed by atoms with Crippen LogP contribution < -0.4 is 10.1 Å². The highest BCUT2D eigenvalue weighted by molar-refractivity contribution is 9.10. The summed E-state index contributed by atoms with van der Waals surface area (Å²) in [5, 5.41) is 3.80. The lowest BCUT2D eigenvalue weighted by molar-refractivity contribution is -0.126. The zero-order valence-electron chi connectivity index (χ0n) is 27.1. The number of benzene rings is 4. The molecule has 1 aliphatic rings. The molecule has 0 aliphatic carbocycles. The number of rotatable bonds is 12. The van der Waals surface area contributed by atoms with E-state index in [1.54, 1.807) is 55.5 Å².